The summed E-state index contributed by atoms with van der Waals surface area (Å²) in [6.07, 6.45) is 11.7. The van der Waals surface area contributed by atoms with Crippen molar-refractivity contribution in [1.29, 1.82) is 5.26 Å². The number of nitrogens with zero attached hydrogens (tertiary/aromatic N) is 2. The Labute approximate surface area is 107 Å². The topological polar surface area (TPSA) is 28.7 Å². The predicted molar refractivity (Wildman–Crippen MR) is 72.0 cm³/mol. The lowest BCUT2D eigenvalue weighted by atomic mass is 9.95. The lowest BCUT2D eigenvalue weighted by Crippen LogP contribution is -2.13. The standard InChI is InChI=1S/C14H16N2S/c15-10-4-6-12-7-5-11-16(14(12)17)13-8-2-1-3-9-13/h4-7,11,13H,1-3,8-9H2/b6-4+. The third-order valence-corrected chi connectivity index (χ3v) is 3.76. The van der Waals surface area contributed by atoms with Crippen LogP contribution in [0.5, 0.6) is 0 Å². The molecule has 1 aliphatic carbocycles. The third kappa shape index (κ3) is 2.83. The molecule has 0 saturated heterocycles. The van der Waals surface area contributed by atoms with E-state index in [1.165, 1.54) is 38.2 Å². The van der Waals surface area contributed by atoms with E-state index in [0.29, 0.717) is 6.04 Å². The second-order valence-electron chi connectivity index (χ2n) is 4.43. The Bertz CT molecular complexity index is 502. The monoisotopic (exact) mass is 244 g/mol. The van der Waals surface area contributed by atoms with Gasteiger partial charge in [0.25, 0.3) is 0 Å². The van der Waals surface area contributed by atoms with Gasteiger partial charge in [0.1, 0.15) is 4.64 Å². The second-order valence-corrected chi connectivity index (χ2v) is 4.82. The highest BCUT2D eigenvalue weighted by Gasteiger charge is 2.15. The summed E-state index contributed by atoms with van der Waals surface area (Å²) >= 11 is 5.49. The van der Waals surface area contributed by atoms with Crippen molar-refractivity contribution in [2.75, 3.05) is 0 Å². The smallest absolute Gasteiger partial charge is 0.113 e. The third-order valence-electron chi connectivity index (χ3n) is 3.31. The molecule has 1 fully saturated rings. The van der Waals surface area contributed by atoms with Crippen LogP contribution in [-0.4, -0.2) is 4.57 Å². The predicted octanol–water partition coefficient (Wildman–Crippen LogP) is 4.26. The van der Waals surface area contributed by atoms with Crippen LogP contribution < -0.4 is 0 Å². The van der Waals surface area contributed by atoms with Crippen molar-refractivity contribution in [1.82, 2.24) is 4.57 Å². The molecule has 2 rings (SSSR count). The van der Waals surface area contributed by atoms with E-state index in [4.69, 9.17) is 17.5 Å². The molecule has 0 aromatic carbocycles. The van der Waals surface area contributed by atoms with E-state index in [1.54, 1.807) is 6.08 Å². The number of pyridine rings is 1. The number of rotatable bonds is 2. The Balaban J connectivity index is 2.32. The zero-order chi connectivity index (χ0) is 12.1. The van der Waals surface area contributed by atoms with Gasteiger partial charge in [-0.2, -0.15) is 5.26 Å². The van der Waals surface area contributed by atoms with E-state index in [2.05, 4.69) is 10.8 Å². The van der Waals surface area contributed by atoms with Gasteiger partial charge in [0.2, 0.25) is 0 Å². The maximum Gasteiger partial charge on any atom is 0.113 e. The van der Waals surface area contributed by atoms with Crippen molar-refractivity contribution in [2.45, 2.75) is 38.1 Å². The number of hydrogen-bond donors (Lipinski definition) is 0. The summed E-state index contributed by atoms with van der Waals surface area (Å²) in [6.45, 7) is 0. The second kappa shape index (κ2) is 5.79. The fourth-order valence-corrected chi connectivity index (χ4v) is 2.77. The number of hydrogen-bond acceptors (Lipinski definition) is 2. The molecule has 1 aromatic rings. The van der Waals surface area contributed by atoms with Crippen molar-refractivity contribution >= 4 is 18.3 Å². The molecule has 0 aliphatic heterocycles. The molecule has 1 aliphatic rings. The van der Waals surface area contributed by atoms with Crippen molar-refractivity contribution in [3.05, 3.63) is 34.6 Å². The Kier molecular flexibility index (Phi) is 4.11. The lowest BCUT2D eigenvalue weighted by Gasteiger charge is -2.25. The van der Waals surface area contributed by atoms with Gasteiger partial charge in [0, 0.05) is 23.9 Å². The molecule has 0 atom stereocenters. The summed E-state index contributed by atoms with van der Waals surface area (Å²) < 4.78 is 3.05. The highest BCUT2D eigenvalue weighted by Crippen LogP contribution is 2.28. The number of allylic oxidation sites excluding steroid dienone is 1. The first-order valence-electron chi connectivity index (χ1n) is 6.10. The molecule has 0 unspecified atom stereocenters. The molecular formula is C14H16N2S. The summed E-state index contributed by atoms with van der Waals surface area (Å²) in [5.41, 5.74) is 0.967. The molecule has 0 amide bonds. The van der Waals surface area contributed by atoms with Gasteiger partial charge in [-0.1, -0.05) is 37.5 Å². The van der Waals surface area contributed by atoms with Crippen LogP contribution >= 0.6 is 12.2 Å². The number of nitriles is 1. The first-order valence-corrected chi connectivity index (χ1v) is 6.51. The lowest BCUT2D eigenvalue weighted by molar-refractivity contribution is 0.349. The van der Waals surface area contributed by atoms with Gasteiger partial charge in [-0.15, -0.1) is 0 Å². The molecule has 17 heavy (non-hydrogen) atoms. The summed E-state index contributed by atoms with van der Waals surface area (Å²) in [5, 5.41) is 8.56. The maximum absolute atomic E-state index is 8.56. The minimum atomic E-state index is 0.548. The van der Waals surface area contributed by atoms with E-state index in [9.17, 15) is 0 Å². The van der Waals surface area contributed by atoms with Crippen molar-refractivity contribution in [3.8, 4) is 6.07 Å². The maximum atomic E-state index is 8.56. The molecule has 1 heterocycles. The normalized spacial score (nSPS) is 17.1. The Morgan fingerprint density at radius 2 is 2.12 bits per heavy atom. The summed E-state index contributed by atoms with van der Waals surface area (Å²) in [7, 11) is 0. The van der Waals surface area contributed by atoms with Crippen LogP contribution in [-0.2, 0) is 0 Å². The molecular weight excluding hydrogens is 228 g/mol. The molecule has 0 N–H and O–H groups in total. The zero-order valence-corrected chi connectivity index (χ0v) is 10.6. The highest BCUT2D eigenvalue weighted by molar-refractivity contribution is 7.71. The highest BCUT2D eigenvalue weighted by atomic mass is 32.1. The van der Waals surface area contributed by atoms with Gasteiger partial charge in [-0.25, -0.2) is 0 Å². The molecule has 88 valence electrons. The van der Waals surface area contributed by atoms with Gasteiger partial charge >= 0.3 is 0 Å². The van der Waals surface area contributed by atoms with Gasteiger partial charge in [0.05, 0.1) is 6.07 Å². The van der Waals surface area contributed by atoms with Crippen LogP contribution in [0, 0.1) is 16.0 Å². The zero-order valence-electron chi connectivity index (χ0n) is 9.80. The van der Waals surface area contributed by atoms with E-state index in [1.807, 2.05) is 18.2 Å². The average molecular weight is 244 g/mol. The van der Waals surface area contributed by atoms with Crippen LogP contribution in [0.1, 0.15) is 43.7 Å². The Hall–Kier alpha value is -1.40. The SMILES string of the molecule is N#C/C=C/c1cccn(C2CCCCC2)c1=S. The Morgan fingerprint density at radius 1 is 1.35 bits per heavy atom. The molecule has 0 spiro atoms. The fourth-order valence-electron chi connectivity index (χ4n) is 2.43. The minimum Gasteiger partial charge on any atom is -0.336 e. The van der Waals surface area contributed by atoms with Gasteiger partial charge in [-0.05, 0) is 25.0 Å². The molecule has 1 aromatic heterocycles. The van der Waals surface area contributed by atoms with Crippen LogP contribution in [0.25, 0.3) is 6.08 Å². The van der Waals surface area contributed by atoms with Crippen molar-refractivity contribution < 1.29 is 0 Å². The summed E-state index contributed by atoms with van der Waals surface area (Å²) in [5.74, 6) is 0. The largest absolute Gasteiger partial charge is 0.336 e. The molecule has 0 radical (unpaired) electrons. The van der Waals surface area contributed by atoms with Gasteiger partial charge in [0.15, 0.2) is 0 Å². The van der Waals surface area contributed by atoms with E-state index < -0.39 is 0 Å². The quantitative estimate of drug-likeness (QED) is 0.574. The fraction of sp³-hybridized carbons (Fsp3) is 0.429. The summed E-state index contributed by atoms with van der Waals surface area (Å²) in [4.78, 5) is 0. The molecule has 3 heteroatoms. The summed E-state index contributed by atoms with van der Waals surface area (Å²) in [6, 6.07) is 6.54. The molecule has 1 saturated carbocycles. The van der Waals surface area contributed by atoms with Crippen LogP contribution in [0.2, 0.25) is 0 Å². The van der Waals surface area contributed by atoms with E-state index >= 15 is 0 Å². The number of aromatic nitrogens is 1. The van der Waals surface area contributed by atoms with Gasteiger partial charge in [-0.3, -0.25) is 0 Å². The average Bonchev–Trinajstić information content (AvgIpc) is 2.39. The molecule has 2 nitrogen and oxygen atoms in total. The van der Waals surface area contributed by atoms with Crippen molar-refractivity contribution in [2.24, 2.45) is 0 Å². The van der Waals surface area contributed by atoms with Gasteiger partial charge < -0.3 is 4.57 Å². The van der Waals surface area contributed by atoms with Crippen molar-refractivity contribution in [3.63, 3.8) is 0 Å². The molecule has 0 bridgehead atoms. The minimum absolute atomic E-state index is 0.548. The first-order chi connectivity index (χ1) is 8.33. The Morgan fingerprint density at radius 3 is 2.82 bits per heavy atom. The van der Waals surface area contributed by atoms with Crippen LogP contribution in [0.4, 0.5) is 0 Å². The van der Waals surface area contributed by atoms with E-state index in [-0.39, 0.29) is 0 Å². The van der Waals surface area contributed by atoms with Crippen LogP contribution in [0.15, 0.2) is 24.4 Å². The first kappa shape index (κ1) is 12.1. The van der Waals surface area contributed by atoms with Crippen LogP contribution in [0.3, 0.4) is 0 Å². The van der Waals surface area contributed by atoms with E-state index in [0.717, 1.165) is 10.2 Å².